The monoisotopic (exact) mass is 248 g/mol. The zero-order valence-electron chi connectivity index (χ0n) is 10.3. The molecule has 3 heteroatoms. The van der Waals surface area contributed by atoms with Gasteiger partial charge in [0.1, 0.15) is 0 Å². The first-order valence-electron chi connectivity index (χ1n) is 5.98. The van der Waals surface area contributed by atoms with Gasteiger partial charge in [-0.3, -0.25) is 0 Å². The summed E-state index contributed by atoms with van der Waals surface area (Å²) in [5.74, 6) is 1.05. The van der Waals surface area contributed by atoms with Gasteiger partial charge in [0.05, 0.1) is 0 Å². The Kier molecular flexibility index (Phi) is 2.94. The molecular weight excluding hydrogens is 236 g/mol. The third-order valence-corrected chi connectivity index (χ3v) is 2.84. The molecule has 0 atom stereocenters. The molecule has 1 aromatic heterocycles. The molecule has 2 aromatic carbocycles. The minimum atomic E-state index is 0.523. The van der Waals surface area contributed by atoms with Gasteiger partial charge >= 0.3 is 0 Å². The number of hydrogen-bond donors (Lipinski definition) is 0. The smallest absolute Gasteiger partial charge is 0.248 e. The van der Waals surface area contributed by atoms with Crippen LogP contribution in [0.15, 0.2) is 65.6 Å². The van der Waals surface area contributed by atoms with E-state index in [1.807, 2.05) is 54.6 Å². The quantitative estimate of drug-likeness (QED) is 0.702. The molecule has 19 heavy (non-hydrogen) atoms. The fourth-order valence-electron chi connectivity index (χ4n) is 1.80. The van der Waals surface area contributed by atoms with Crippen LogP contribution in [0, 0.1) is 0 Å². The van der Waals surface area contributed by atoms with Crippen LogP contribution < -0.4 is 0 Å². The Morgan fingerprint density at radius 3 is 1.95 bits per heavy atom. The lowest BCUT2D eigenvalue weighted by atomic mass is 10.1. The Hall–Kier alpha value is -2.68. The van der Waals surface area contributed by atoms with E-state index in [9.17, 15) is 0 Å². The van der Waals surface area contributed by atoms with Crippen molar-refractivity contribution in [2.75, 3.05) is 0 Å². The first-order valence-corrected chi connectivity index (χ1v) is 5.98. The summed E-state index contributed by atoms with van der Waals surface area (Å²) in [6.45, 7) is 3.73. The minimum Gasteiger partial charge on any atom is -0.416 e. The first kappa shape index (κ1) is 11.4. The van der Waals surface area contributed by atoms with E-state index in [1.165, 1.54) is 0 Å². The normalized spacial score (nSPS) is 10.3. The Morgan fingerprint density at radius 1 is 0.789 bits per heavy atom. The van der Waals surface area contributed by atoms with Crippen molar-refractivity contribution in [3.8, 4) is 22.9 Å². The van der Waals surface area contributed by atoms with Gasteiger partial charge in [0.15, 0.2) is 0 Å². The van der Waals surface area contributed by atoms with Crippen LogP contribution in [0.25, 0.3) is 29.0 Å². The van der Waals surface area contributed by atoms with Crippen LogP contribution in [-0.2, 0) is 0 Å². The lowest BCUT2D eigenvalue weighted by Crippen LogP contribution is -1.78. The van der Waals surface area contributed by atoms with Gasteiger partial charge in [-0.25, -0.2) is 0 Å². The average molecular weight is 248 g/mol. The van der Waals surface area contributed by atoms with E-state index in [4.69, 9.17) is 4.42 Å². The fraction of sp³-hybridized carbons (Fsp3) is 0. The van der Waals surface area contributed by atoms with Crippen LogP contribution in [-0.4, -0.2) is 10.2 Å². The molecule has 0 unspecified atom stereocenters. The van der Waals surface area contributed by atoms with Crippen LogP contribution in [0.1, 0.15) is 5.56 Å². The van der Waals surface area contributed by atoms with Crippen LogP contribution in [0.5, 0.6) is 0 Å². The second-order valence-electron chi connectivity index (χ2n) is 4.10. The van der Waals surface area contributed by atoms with E-state index in [0.29, 0.717) is 11.8 Å². The molecule has 0 saturated carbocycles. The van der Waals surface area contributed by atoms with Gasteiger partial charge in [-0.1, -0.05) is 43.0 Å². The molecule has 3 nitrogen and oxygen atoms in total. The van der Waals surface area contributed by atoms with E-state index < -0.39 is 0 Å². The van der Waals surface area contributed by atoms with Crippen LogP contribution in [0.4, 0.5) is 0 Å². The van der Waals surface area contributed by atoms with Crippen molar-refractivity contribution in [3.63, 3.8) is 0 Å². The van der Waals surface area contributed by atoms with Crippen molar-refractivity contribution in [1.82, 2.24) is 10.2 Å². The Morgan fingerprint density at radius 2 is 1.37 bits per heavy atom. The Labute approximate surface area is 111 Å². The van der Waals surface area contributed by atoms with Gasteiger partial charge < -0.3 is 4.42 Å². The first-order chi connectivity index (χ1) is 9.36. The van der Waals surface area contributed by atoms with Crippen LogP contribution in [0.2, 0.25) is 0 Å². The third kappa shape index (κ3) is 2.31. The van der Waals surface area contributed by atoms with Gasteiger partial charge in [-0.2, -0.15) is 0 Å². The maximum Gasteiger partial charge on any atom is 0.248 e. The molecule has 0 spiro atoms. The van der Waals surface area contributed by atoms with Gasteiger partial charge in [0.25, 0.3) is 0 Å². The SMILES string of the molecule is C=Cc1ccc(-c2nnc(-c3ccccc3)o2)cc1. The van der Waals surface area contributed by atoms with Crippen molar-refractivity contribution >= 4 is 6.08 Å². The molecule has 0 N–H and O–H groups in total. The molecule has 1 heterocycles. The Bertz CT molecular complexity index is 684. The molecular formula is C16H12N2O. The van der Waals surface area contributed by atoms with E-state index in [1.54, 1.807) is 6.08 Å². The van der Waals surface area contributed by atoms with Gasteiger partial charge in [-0.05, 0) is 29.8 Å². The van der Waals surface area contributed by atoms with Gasteiger partial charge in [-0.15, -0.1) is 10.2 Å². The van der Waals surface area contributed by atoms with Crippen molar-refractivity contribution in [1.29, 1.82) is 0 Å². The van der Waals surface area contributed by atoms with Gasteiger partial charge in [0.2, 0.25) is 11.8 Å². The lowest BCUT2D eigenvalue weighted by molar-refractivity contribution is 0.584. The largest absolute Gasteiger partial charge is 0.416 e. The van der Waals surface area contributed by atoms with Crippen molar-refractivity contribution in [2.45, 2.75) is 0 Å². The topological polar surface area (TPSA) is 38.9 Å². The zero-order chi connectivity index (χ0) is 13.1. The number of nitrogens with zero attached hydrogens (tertiary/aromatic N) is 2. The summed E-state index contributed by atoms with van der Waals surface area (Å²) in [5, 5.41) is 8.14. The highest BCUT2D eigenvalue weighted by atomic mass is 16.4. The fourth-order valence-corrected chi connectivity index (χ4v) is 1.80. The summed E-state index contributed by atoms with van der Waals surface area (Å²) < 4.78 is 5.68. The summed E-state index contributed by atoms with van der Waals surface area (Å²) in [7, 11) is 0. The van der Waals surface area contributed by atoms with Gasteiger partial charge in [0, 0.05) is 11.1 Å². The molecule has 3 aromatic rings. The van der Waals surface area contributed by atoms with Crippen LogP contribution in [0.3, 0.4) is 0 Å². The maximum atomic E-state index is 5.68. The molecule has 92 valence electrons. The highest BCUT2D eigenvalue weighted by Gasteiger charge is 2.09. The highest BCUT2D eigenvalue weighted by Crippen LogP contribution is 2.23. The second kappa shape index (κ2) is 4.90. The summed E-state index contributed by atoms with van der Waals surface area (Å²) in [5.41, 5.74) is 2.88. The summed E-state index contributed by atoms with van der Waals surface area (Å²) in [6.07, 6.45) is 1.80. The molecule has 0 amide bonds. The highest BCUT2D eigenvalue weighted by molar-refractivity contribution is 5.60. The molecule has 0 radical (unpaired) electrons. The molecule has 0 saturated heterocycles. The summed E-state index contributed by atoms with van der Waals surface area (Å²) in [4.78, 5) is 0. The number of aromatic nitrogens is 2. The molecule has 0 fully saturated rings. The predicted molar refractivity (Wildman–Crippen MR) is 75.3 cm³/mol. The van der Waals surface area contributed by atoms with E-state index in [2.05, 4.69) is 16.8 Å². The predicted octanol–water partition coefficient (Wildman–Crippen LogP) is 4.05. The Balaban J connectivity index is 1.94. The third-order valence-electron chi connectivity index (χ3n) is 2.84. The van der Waals surface area contributed by atoms with Crippen LogP contribution >= 0.6 is 0 Å². The standard InChI is InChI=1S/C16H12N2O/c1-2-12-8-10-14(11-9-12)16-18-17-15(19-16)13-6-4-3-5-7-13/h2-11H,1H2. The van der Waals surface area contributed by atoms with Crippen molar-refractivity contribution < 1.29 is 4.42 Å². The van der Waals surface area contributed by atoms with E-state index in [-0.39, 0.29) is 0 Å². The average Bonchev–Trinajstić information content (AvgIpc) is 2.98. The zero-order valence-corrected chi connectivity index (χ0v) is 10.3. The van der Waals surface area contributed by atoms with Crippen molar-refractivity contribution in [3.05, 3.63) is 66.7 Å². The molecule has 0 aliphatic heterocycles. The minimum absolute atomic E-state index is 0.523. The number of hydrogen-bond acceptors (Lipinski definition) is 3. The number of rotatable bonds is 3. The summed E-state index contributed by atoms with van der Waals surface area (Å²) >= 11 is 0. The van der Waals surface area contributed by atoms with Crippen molar-refractivity contribution in [2.24, 2.45) is 0 Å². The van der Waals surface area contributed by atoms with E-state index in [0.717, 1.165) is 16.7 Å². The maximum absolute atomic E-state index is 5.68. The molecule has 0 aliphatic rings. The molecule has 0 bridgehead atoms. The lowest BCUT2D eigenvalue weighted by Gasteiger charge is -1.96. The molecule has 3 rings (SSSR count). The summed E-state index contributed by atoms with van der Waals surface area (Å²) in [6, 6.07) is 17.5. The molecule has 0 aliphatic carbocycles. The second-order valence-corrected chi connectivity index (χ2v) is 4.10. The van der Waals surface area contributed by atoms with E-state index >= 15 is 0 Å². The number of benzene rings is 2.